The molecule has 1 aliphatic rings. The molecule has 0 aliphatic carbocycles. The first-order chi connectivity index (χ1) is 14.8. The van der Waals surface area contributed by atoms with Crippen molar-refractivity contribution in [3.63, 3.8) is 0 Å². The Morgan fingerprint density at radius 3 is 2.77 bits per heavy atom. The molecule has 1 aliphatic heterocycles. The smallest absolute Gasteiger partial charge is 0.192 e. The average molecular weight is 533 g/mol. The number of hydrogen-bond donors (Lipinski definition) is 2. The van der Waals surface area contributed by atoms with E-state index < -0.39 is 0 Å². The average Bonchev–Trinajstić information content (AvgIpc) is 3.31. The van der Waals surface area contributed by atoms with Crippen molar-refractivity contribution in [2.24, 2.45) is 4.99 Å². The second-order valence-electron chi connectivity index (χ2n) is 7.10. The molecule has 1 aromatic heterocycles. The number of nitrogens with zero attached hydrogens (tertiary/aromatic N) is 1. The van der Waals surface area contributed by atoms with E-state index in [9.17, 15) is 0 Å². The Labute approximate surface area is 200 Å². The van der Waals surface area contributed by atoms with Crippen molar-refractivity contribution < 1.29 is 13.9 Å². The third kappa shape index (κ3) is 6.16. The van der Waals surface area contributed by atoms with E-state index in [2.05, 4.69) is 16.7 Å². The van der Waals surface area contributed by atoms with Crippen molar-refractivity contribution in [3.05, 3.63) is 83.8 Å². The van der Waals surface area contributed by atoms with E-state index in [-0.39, 0.29) is 30.0 Å². The van der Waals surface area contributed by atoms with Gasteiger partial charge in [-0.3, -0.25) is 0 Å². The molecule has 164 valence electrons. The fraction of sp³-hybridized carbons (Fsp3) is 0.292. The molecule has 0 saturated carbocycles. The van der Waals surface area contributed by atoms with Crippen molar-refractivity contribution >= 4 is 29.9 Å². The highest BCUT2D eigenvalue weighted by Gasteiger charge is 2.22. The van der Waals surface area contributed by atoms with Crippen LogP contribution in [-0.4, -0.2) is 26.2 Å². The second-order valence-corrected chi connectivity index (χ2v) is 7.10. The Kier molecular flexibility index (Phi) is 8.63. The quantitative estimate of drug-likeness (QED) is 0.262. The Morgan fingerprint density at radius 2 is 1.94 bits per heavy atom. The normalized spacial score (nSPS) is 15.3. The first kappa shape index (κ1) is 23.0. The molecule has 2 heterocycles. The summed E-state index contributed by atoms with van der Waals surface area (Å²) in [6, 6.07) is 20.1. The lowest BCUT2D eigenvalue weighted by Crippen LogP contribution is -2.41. The van der Waals surface area contributed by atoms with E-state index in [1.54, 1.807) is 13.4 Å². The van der Waals surface area contributed by atoms with Gasteiger partial charge in [-0.15, -0.1) is 24.0 Å². The van der Waals surface area contributed by atoms with Gasteiger partial charge in [0.15, 0.2) is 5.96 Å². The molecule has 0 bridgehead atoms. The van der Waals surface area contributed by atoms with Crippen LogP contribution in [0.1, 0.15) is 29.3 Å². The van der Waals surface area contributed by atoms with E-state index >= 15 is 0 Å². The van der Waals surface area contributed by atoms with Crippen molar-refractivity contribution in [1.29, 1.82) is 0 Å². The van der Waals surface area contributed by atoms with Gasteiger partial charge in [-0.2, -0.15) is 0 Å². The summed E-state index contributed by atoms with van der Waals surface area (Å²) in [5.74, 6) is 3.48. The van der Waals surface area contributed by atoms with Gasteiger partial charge >= 0.3 is 0 Å². The highest BCUT2D eigenvalue weighted by molar-refractivity contribution is 14.0. The number of halogens is 1. The number of methoxy groups -OCH3 is 1. The Hall–Kier alpha value is -2.68. The van der Waals surface area contributed by atoms with E-state index in [1.165, 1.54) is 0 Å². The minimum Gasteiger partial charge on any atom is -0.496 e. The van der Waals surface area contributed by atoms with Crippen LogP contribution in [-0.2, 0) is 13.0 Å². The van der Waals surface area contributed by atoms with Gasteiger partial charge in [0.2, 0.25) is 0 Å². The molecular formula is C24H28IN3O3. The highest BCUT2D eigenvalue weighted by atomic mass is 127. The number of benzene rings is 2. The maximum atomic E-state index is 5.80. The van der Waals surface area contributed by atoms with Crippen molar-refractivity contribution in [3.8, 4) is 11.5 Å². The SMILES string of the molecule is COc1ccccc1CN=C(NCCc1ccco1)NC1CCOc2ccccc21.I. The lowest BCUT2D eigenvalue weighted by atomic mass is 10.0. The van der Waals surface area contributed by atoms with Gasteiger partial charge in [-0.1, -0.05) is 36.4 Å². The van der Waals surface area contributed by atoms with Gasteiger partial charge in [0.25, 0.3) is 0 Å². The Balaban J connectivity index is 0.00000272. The molecule has 2 N–H and O–H groups in total. The van der Waals surface area contributed by atoms with Crippen molar-refractivity contribution in [1.82, 2.24) is 10.6 Å². The van der Waals surface area contributed by atoms with Crippen LogP contribution in [0.3, 0.4) is 0 Å². The number of aliphatic imine (C=N–C) groups is 1. The molecule has 0 amide bonds. The summed E-state index contributed by atoms with van der Waals surface area (Å²) in [5.41, 5.74) is 2.20. The van der Waals surface area contributed by atoms with E-state index in [0.717, 1.165) is 53.7 Å². The fourth-order valence-corrected chi connectivity index (χ4v) is 3.57. The van der Waals surface area contributed by atoms with Crippen LogP contribution < -0.4 is 20.1 Å². The minimum absolute atomic E-state index is 0. The monoisotopic (exact) mass is 533 g/mol. The van der Waals surface area contributed by atoms with Crippen LogP contribution in [0.15, 0.2) is 76.3 Å². The zero-order chi connectivity index (χ0) is 20.6. The molecular weight excluding hydrogens is 505 g/mol. The lowest BCUT2D eigenvalue weighted by molar-refractivity contribution is 0.261. The molecule has 31 heavy (non-hydrogen) atoms. The van der Waals surface area contributed by atoms with Gasteiger partial charge in [0, 0.05) is 30.5 Å². The van der Waals surface area contributed by atoms with Gasteiger partial charge in [0.1, 0.15) is 17.3 Å². The van der Waals surface area contributed by atoms with E-state index in [4.69, 9.17) is 18.9 Å². The Morgan fingerprint density at radius 1 is 1.10 bits per heavy atom. The number of furan rings is 1. The van der Waals surface area contributed by atoms with Crippen LogP contribution in [0.4, 0.5) is 0 Å². The molecule has 2 aromatic carbocycles. The molecule has 3 aromatic rings. The zero-order valence-electron chi connectivity index (χ0n) is 17.5. The van der Waals surface area contributed by atoms with Crippen LogP contribution in [0.2, 0.25) is 0 Å². The molecule has 4 rings (SSSR count). The topological polar surface area (TPSA) is 68.0 Å². The second kappa shape index (κ2) is 11.6. The first-order valence-corrected chi connectivity index (χ1v) is 10.2. The summed E-state index contributed by atoms with van der Waals surface area (Å²) in [6.45, 7) is 1.92. The van der Waals surface area contributed by atoms with Crippen molar-refractivity contribution in [2.45, 2.75) is 25.4 Å². The number of guanidine groups is 1. The van der Waals surface area contributed by atoms with Crippen LogP contribution in [0.5, 0.6) is 11.5 Å². The predicted molar refractivity (Wildman–Crippen MR) is 132 cm³/mol. The number of hydrogen-bond acceptors (Lipinski definition) is 4. The molecule has 0 spiro atoms. The molecule has 0 saturated heterocycles. The number of nitrogens with one attached hydrogen (secondary N) is 2. The molecule has 1 atom stereocenters. The zero-order valence-corrected chi connectivity index (χ0v) is 19.9. The first-order valence-electron chi connectivity index (χ1n) is 10.2. The predicted octanol–water partition coefficient (Wildman–Crippen LogP) is 4.71. The summed E-state index contributed by atoms with van der Waals surface area (Å²) in [5, 5.41) is 7.03. The lowest BCUT2D eigenvalue weighted by Gasteiger charge is -2.28. The van der Waals surface area contributed by atoms with Crippen molar-refractivity contribution in [2.75, 3.05) is 20.3 Å². The van der Waals surface area contributed by atoms with Crippen LogP contribution in [0, 0.1) is 0 Å². The third-order valence-corrected chi connectivity index (χ3v) is 5.11. The van der Waals surface area contributed by atoms with Gasteiger partial charge in [-0.05, 0) is 24.3 Å². The third-order valence-electron chi connectivity index (χ3n) is 5.11. The molecule has 1 unspecified atom stereocenters. The summed E-state index contributed by atoms with van der Waals surface area (Å²) >= 11 is 0. The standard InChI is InChI=1S/C24H27N3O3.HI/c1-28-22-10-4-2-7-18(22)17-26-24(25-14-12-19-8-6-15-29-19)27-21-13-16-30-23-11-5-3-9-20(21)23;/h2-11,15,21H,12-14,16-17H2,1H3,(H2,25,26,27);1H. The number of rotatable bonds is 7. The molecule has 6 nitrogen and oxygen atoms in total. The van der Waals surface area contributed by atoms with Gasteiger partial charge in [-0.25, -0.2) is 4.99 Å². The van der Waals surface area contributed by atoms with Crippen LogP contribution >= 0.6 is 24.0 Å². The number of ether oxygens (including phenoxy) is 2. The highest BCUT2D eigenvalue weighted by Crippen LogP contribution is 2.31. The summed E-state index contributed by atoms with van der Waals surface area (Å²) < 4.78 is 16.7. The summed E-state index contributed by atoms with van der Waals surface area (Å²) in [6.07, 6.45) is 3.36. The maximum Gasteiger partial charge on any atom is 0.192 e. The fourth-order valence-electron chi connectivity index (χ4n) is 3.57. The summed E-state index contributed by atoms with van der Waals surface area (Å²) in [4.78, 5) is 4.83. The summed E-state index contributed by atoms with van der Waals surface area (Å²) in [7, 11) is 1.68. The number of fused-ring (bicyclic) bond motifs is 1. The van der Waals surface area contributed by atoms with Gasteiger partial charge < -0.3 is 24.5 Å². The van der Waals surface area contributed by atoms with E-state index in [0.29, 0.717) is 13.2 Å². The Bertz CT molecular complexity index is 976. The van der Waals surface area contributed by atoms with Gasteiger partial charge in [0.05, 0.1) is 32.6 Å². The largest absolute Gasteiger partial charge is 0.496 e. The number of para-hydroxylation sites is 2. The van der Waals surface area contributed by atoms with E-state index in [1.807, 2.05) is 54.6 Å². The molecule has 0 fully saturated rings. The minimum atomic E-state index is 0. The van der Waals surface area contributed by atoms with Crippen LogP contribution in [0.25, 0.3) is 0 Å². The molecule has 7 heteroatoms. The molecule has 0 radical (unpaired) electrons. The maximum absolute atomic E-state index is 5.80.